The van der Waals surface area contributed by atoms with Crippen molar-refractivity contribution in [3.63, 3.8) is 0 Å². The molecule has 2 aliphatic carbocycles. The number of nitrogens with zero attached hydrogens (tertiary/aromatic N) is 2. The second-order valence-electron chi connectivity index (χ2n) is 16.8. The molecule has 14 heteroatoms. The monoisotopic (exact) mass is 751 g/mol. The Kier molecular flexibility index (Phi) is 14.6. The minimum absolute atomic E-state index is 0.0299. The average molecular weight is 752 g/mol. The summed E-state index contributed by atoms with van der Waals surface area (Å²) in [6.45, 7) is 9.34. The Morgan fingerprint density at radius 3 is 2.07 bits per heavy atom. The van der Waals surface area contributed by atoms with Gasteiger partial charge in [0, 0.05) is 26.2 Å². The fourth-order valence-electron chi connectivity index (χ4n) is 7.63. The zero-order valence-corrected chi connectivity index (χ0v) is 33.0. The molecule has 5 N–H and O–H groups in total. The average Bonchev–Trinajstić information content (AvgIpc) is 3.83. The third-order valence-corrected chi connectivity index (χ3v) is 10.7. The van der Waals surface area contributed by atoms with E-state index in [1.807, 2.05) is 34.6 Å². The highest BCUT2D eigenvalue weighted by Crippen LogP contribution is 2.36. The van der Waals surface area contributed by atoms with Gasteiger partial charge in [0.1, 0.15) is 18.1 Å². The Hall–Kier alpha value is -4.49. The van der Waals surface area contributed by atoms with Crippen molar-refractivity contribution in [1.82, 2.24) is 36.4 Å². The zero-order valence-electron chi connectivity index (χ0n) is 33.0. The van der Waals surface area contributed by atoms with Crippen LogP contribution in [-0.2, 0) is 28.8 Å². The number of Topliss-reactive ketones (excluding diaryl/α,β-unsaturated/α-hetero) is 1. The van der Waals surface area contributed by atoms with Crippen LogP contribution < -0.4 is 26.6 Å². The van der Waals surface area contributed by atoms with Crippen LogP contribution in [0.4, 0.5) is 4.79 Å². The molecule has 0 radical (unpaired) electrons. The van der Waals surface area contributed by atoms with Crippen molar-refractivity contribution in [2.45, 2.75) is 122 Å². The third-order valence-electron chi connectivity index (χ3n) is 10.7. The molecule has 3 aliphatic rings. The number of amides is 7. The molecule has 0 aromatic heterocycles. The summed E-state index contributed by atoms with van der Waals surface area (Å²) in [7, 11) is 3.14. The predicted molar refractivity (Wildman–Crippen MR) is 204 cm³/mol. The summed E-state index contributed by atoms with van der Waals surface area (Å²) in [4.78, 5) is 97.4. The largest absolute Gasteiger partial charge is 0.347 e. The number of likely N-dealkylation sites (tertiary alicyclic amines) is 1. The molecule has 4 rings (SSSR count). The van der Waals surface area contributed by atoms with Gasteiger partial charge in [0.15, 0.2) is 0 Å². The van der Waals surface area contributed by atoms with Crippen molar-refractivity contribution >= 4 is 41.4 Å². The van der Waals surface area contributed by atoms with Gasteiger partial charge in [-0.2, -0.15) is 0 Å². The van der Waals surface area contributed by atoms with E-state index in [9.17, 15) is 33.6 Å². The Balaban J connectivity index is 1.47. The van der Waals surface area contributed by atoms with E-state index in [2.05, 4.69) is 26.6 Å². The van der Waals surface area contributed by atoms with Crippen molar-refractivity contribution in [3.05, 3.63) is 35.9 Å². The first kappa shape index (κ1) is 42.3. The number of nitrogens with one attached hydrogen (secondary N) is 5. The summed E-state index contributed by atoms with van der Waals surface area (Å²) in [5, 5.41) is 13.7. The van der Waals surface area contributed by atoms with Gasteiger partial charge in [-0.3, -0.25) is 28.8 Å². The fraction of sp³-hybridized carbons (Fsp3) is 0.675. The van der Waals surface area contributed by atoms with Gasteiger partial charge in [-0.15, -0.1) is 0 Å². The highest BCUT2D eigenvalue weighted by atomic mass is 16.2. The molecule has 1 saturated heterocycles. The van der Waals surface area contributed by atoms with Gasteiger partial charge in [0.05, 0.1) is 12.6 Å². The van der Waals surface area contributed by atoms with Gasteiger partial charge in [-0.1, -0.05) is 76.3 Å². The van der Waals surface area contributed by atoms with Crippen LogP contribution >= 0.6 is 0 Å². The van der Waals surface area contributed by atoms with E-state index in [-0.39, 0.29) is 41.9 Å². The Bertz CT molecular complexity index is 1520. The van der Waals surface area contributed by atoms with Gasteiger partial charge in [-0.25, -0.2) is 4.79 Å². The number of urea groups is 1. The molecule has 1 aromatic rings. The standard InChI is InChI=1S/C40H61N7O7/c1-24(2)28-20-21-47(38(53)32(27-16-12-9-13-17-27)44-39(54)45-40(3,4)5)33(28)35(50)42-29(22-25-18-19-25)34(49)36(51)41-23-30(48)43-31(37(52)46(6)7)26-14-10-8-11-15-26/h8,10-11,14-15,24-25,27-29,31-33H,9,12-13,16-23H2,1-7H3,(H,41,51)(H,42,50)(H,43,48)(H2,44,45,54)/t28?,29?,31-,32-,33-/m0/s1. The minimum Gasteiger partial charge on any atom is -0.347 e. The SMILES string of the molecule is CC(C)C1CCN(C(=O)[C@@H](NC(=O)NC(C)(C)C)C2CCCCC2)[C@@H]1C(=O)NC(CC1CC1)C(=O)C(=O)NCC(=O)N[C@H](C(=O)N(C)C)c1ccccc1. The lowest BCUT2D eigenvalue weighted by Gasteiger charge is -2.36. The maximum absolute atomic E-state index is 14.5. The van der Waals surface area contributed by atoms with Crippen LogP contribution in [0.15, 0.2) is 30.3 Å². The van der Waals surface area contributed by atoms with Crippen LogP contribution in [0.5, 0.6) is 0 Å². The molecule has 2 saturated carbocycles. The van der Waals surface area contributed by atoms with Crippen molar-refractivity contribution in [3.8, 4) is 0 Å². The second kappa shape index (κ2) is 18.7. The lowest BCUT2D eigenvalue weighted by Crippen LogP contribution is -2.61. The third kappa shape index (κ3) is 11.8. The molecule has 1 aliphatic heterocycles. The normalized spacial score (nSPS) is 20.6. The number of hydrogen-bond donors (Lipinski definition) is 5. The summed E-state index contributed by atoms with van der Waals surface area (Å²) in [6, 6.07) is 4.39. The van der Waals surface area contributed by atoms with Crippen LogP contribution in [0, 0.1) is 23.7 Å². The lowest BCUT2D eigenvalue weighted by atomic mass is 9.83. The highest BCUT2D eigenvalue weighted by Gasteiger charge is 2.47. The van der Waals surface area contributed by atoms with E-state index < -0.39 is 65.8 Å². The number of benzene rings is 1. The first-order valence-corrected chi connectivity index (χ1v) is 19.5. The Labute approximate surface area is 319 Å². The molecule has 3 fully saturated rings. The van der Waals surface area contributed by atoms with Gasteiger partial charge in [-0.05, 0) is 75.7 Å². The summed E-state index contributed by atoms with van der Waals surface area (Å²) >= 11 is 0. The summed E-state index contributed by atoms with van der Waals surface area (Å²) in [5.74, 6) is -3.87. The van der Waals surface area contributed by atoms with Crippen molar-refractivity contribution in [1.29, 1.82) is 0 Å². The van der Waals surface area contributed by atoms with Crippen LogP contribution in [0.3, 0.4) is 0 Å². The van der Waals surface area contributed by atoms with Gasteiger partial charge in [0.25, 0.3) is 5.91 Å². The van der Waals surface area contributed by atoms with Crippen LogP contribution in [0.2, 0.25) is 0 Å². The summed E-state index contributed by atoms with van der Waals surface area (Å²) < 4.78 is 0. The van der Waals surface area contributed by atoms with Gasteiger partial charge < -0.3 is 36.4 Å². The number of likely N-dealkylation sites (N-methyl/N-ethyl adjacent to an activating group) is 1. The van der Waals surface area contributed by atoms with Crippen molar-refractivity contribution in [2.75, 3.05) is 27.2 Å². The van der Waals surface area contributed by atoms with E-state index in [1.165, 1.54) is 4.90 Å². The molecule has 5 atom stereocenters. The number of ketones is 1. The Morgan fingerprint density at radius 1 is 0.852 bits per heavy atom. The number of carbonyl (C=O) groups excluding carboxylic acids is 7. The molecule has 1 aromatic carbocycles. The molecular formula is C40H61N7O7. The van der Waals surface area contributed by atoms with Crippen molar-refractivity contribution < 1.29 is 33.6 Å². The fourth-order valence-corrected chi connectivity index (χ4v) is 7.63. The number of carbonyl (C=O) groups is 7. The van der Waals surface area contributed by atoms with Crippen molar-refractivity contribution in [2.24, 2.45) is 23.7 Å². The van der Waals surface area contributed by atoms with E-state index in [1.54, 1.807) is 49.3 Å². The molecule has 0 bridgehead atoms. The summed E-state index contributed by atoms with van der Waals surface area (Å²) in [5.41, 5.74) is 0.0464. The first-order valence-electron chi connectivity index (χ1n) is 19.5. The van der Waals surface area contributed by atoms with Crippen LogP contribution in [0.25, 0.3) is 0 Å². The van der Waals surface area contributed by atoms with Crippen LogP contribution in [0.1, 0.15) is 104 Å². The zero-order chi connectivity index (χ0) is 39.7. The quantitative estimate of drug-likeness (QED) is 0.171. The first-order chi connectivity index (χ1) is 25.5. The molecule has 1 heterocycles. The molecular weight excluding hydrogens is 690 g/mol. The van der Waals surface area contributed by atoms with E-state index in [0.717, 1.165) is 44.9 Å². The van der Waals surface area contributed by atoms with Gasteiger partial charge >= 0.3 is 6.03 Å². The van der Waals surface area contributed by atoms with E-state index >= 15 is 0 Å². The Morgan fingerprint density at radius 2 is 1.50 bits per heavy atom. The molecule has 2 unspecified atom stereocenters. The lowest BCUT2D eigenvalue weighted by molar-refractivity contribution is -0.144. The van der Waals surface area contributed by atoms with Crippen LogP contribution in [-0.4, -0.2) is 102 Å². The topological polar surface area (TPSA) is 186 Å². The maximum atomic E-state index is 14.5. The molecule has 54 heavy (non-hydrogen) atoms. The minimum atomic E-state index is -1.16. The molecule has 298 valence electrons. The number of hydrogen-bond acceptors (Lipinski definition) is 7. The number of rotatable bonds is 15. The maximum Gasteiger partial charge on any atom is 0.315 e. The van der Waals surface area contributed by atoms with E-state index in [0.29, 0.717) is 18.5 Å². The highest BCUT2D eigenvalue weighted by molar-refractivity contribution is 6.38. The van der Waals surface area contributed by atoms with Gasteiger partial charge in [0.2, 0.25) is 29.4 Å². The predicted octanol–water partition coefficient (Wildman–Crippen LogP) is 2.82. The molecule has 0 spiro atoms. The van der Waals surface area contributed by atoms with E-state index in [4.69, 9.17) is 0 Å². The smallest absolute Gasteiger partial charge is 0.315 e. The molecule has 7 amide bonds. The second-order valence-corrected chi connectivity index (χ2v) is 16.8. The molecule has 14 nitrogen and oxygen atoms in total. The summed E-state index contributed by atoms with van der Waals surface area (Å²) in [6.07, 6.45) is 7.08.